The van der Waals surface area contributed by atoms with Crippen LogP contribution >= 0.6 is 0 Å². The predicted octanol–water partition coefficient (Wildman–Crippen LogP) is 1.01. The Labute approximate surface area is 78.5 Å². The Balaban J connectivity index is 1.70. The van der Waals surface area contributed by atoms with E-state index in [1.54, 1.807) is 0 Å². The van der Waals surface area contributed by atoms with Crippen molar-refractivity contribution >= 4 is 5.71 Å². The van der Waals surface area contributed by atoms with E-state index in [1.165, 1.54) is 18.8 Å². The van der Waals surface area contributed by atoms with Gasteiger partial charge in [-0.05, 0) is 38.8 Å². The van der Waals surface area contributed by atoms with Gasteiger partial charge in [0.1, 0.15) is 5.60 Å². The fourth-order valence-corrected chi connectivity index (χ4v) is 2.77. The third kappa shape index (κ3) is 1.10. The summed E-state index contributed by atoms with van der Waals surface area (Å²) < 4.78 is 0. The van der Waals surface area contributed by atoms with Crippen molar-refractivity contribution in [3.8, 4) is 0 Å². The molecular weight excluding hydrogens is 164 g/mol. The van der Waals surface area contributed by atoms with Crippen LogP contribution in [0.25, 0.3) is 0 Å². The molecule has 2 heterocycles. The second-order valence-corrected chi connectivity index (χ2v) is 5.12. The van der Waals surface area contributed by atoms with Gasteiger partial charge in [-0.15, -0.1) is 0 Å². The van der Waals surface area contributed by atoms with Gasteiger partial charge in [0.05, 0.1) is 5.71 Å². The Hall–Kier alpha value is -0.570. The van der Waals surface area contributed by atoms with Gasteiger partial charge in [-0.25, -0.2) is 0 Å². The lowest BCUT2D eigenvalue weighted by Crippen LogP contribution is -2.22. The quantitative estimate of drug-likeness (QED) is 0.653. The summed E-state index contributed by atoms with van der Waals surface area (Å²) in [7, 11) is 0. The van der Waals surface area contributed by atoms with Crippen molar-refractivity contribution < 1.29 is 4.84 Å². The molecule has 0 spiro atoms. The van der Waals surface area contributed by atoms with Gasteiger partial charge in [0, 0.05) is 12.3 Å². The molecule has 0 amide bonds. The van der Waals surface area contributed by atoms with Crippen LogP contribution in [0.4, 0.5) is 0 Å². The summed E-state index contributed by atoms with van der Waals surface area (Å²) in [4.78, 5) is 5.39. The van der Waals surface area contributed by atoms with Gasteiger partial charge in [-0.2, -0.15) is 0 Å². The molecule has 0 bridgehead atoms. The topological polar surface area (TPSA) is 33.6 Å². The first-order valence-corrected chi connectivity index (χ1v) is 5.13. The number of nitrogens with zero attached hydrogens (tertiary/aromatic N) is 1. The van der Waals surface area contributed by atoms with E-state index in [0.717, 1.165) is 24.2 Å². The smallest absolute Gasteiger partial charge is 0.137 e. The molecule has 0 aromatic carbocycles. The normalized spacial score (nSPS) is 45.4. The highest BCUT2D eigenvalue weighted by atomic mass is 16.7. The minimum Gasteiger partial charge on any atom is -0.389 e. The molecule has 2 unspecified atom stereocenters. The molecule has 3 aliphatic rings. The first kappa shape index (κ1) is 7.80. The fraction of sp³-hybridized carbons (Fsp3) is 0.900. The summed E-state index contributed by atoms with van der Waals surface area (Å²) in [6, 6.07) is 0. The molecule has 0 radical (unpaired) electrons. The number of rotatable bonds is 1. The van der Waals surface area contributed by atoms with E-state index >= 15 is 0 Å². The number of hydrogen-bond acceptors (Lipinski definition) is 3. The Morgan fingerprint density at radius 3 is 2.62 bits per heavy atom. The Bertz CT molecular complexity index is 262. The number of fused-ring (bicyclic) bond motifs is 1. The largest absolute Gasteiger partial charge is 0.389 e. The van der Waals surface area contributed by atoms with Crippen LogP contribution < -0.4 is 5.32 Å². The van der Waals surface area contributed by atoms with Crippen LogP contribution in [0.5, 0.6) is 0 Å². The molecule has 1 saturated heterocycles. The standard InChI is InChI=1S/C10H16N2O/c1-10(2)3-8(12-13-10)9-6-4-11-5-7(6)9/h6-7,9,11H,3-5H2,1-2H3. The summed E-state index contributed by atoms with van der Waals surface area (Å²) in [5, 5.41) is 7.62. The van der Waals surface area contributed by atoms with Gasteiger partial charge in [-0.3, -0.25) is 0 Å². The molecule has 0 aromatic heterocycles. The van der Waals surface area contributed by atoms with Gasteiger partial charge < -0.3 is 10.2 Å². The monoisotopic (exact) mass is 180 g/mol. The molecule has 2 aliphatic heterocycles. The zero-order valence-electron chi connectivity index (χ0n) is 8.21. The lowest BCUT2D eigenvalue weighted by atomic mass is 9.98. The average molecular weight is 180 g/mol. The van der Waals surface area contributed by atoms with Crippen molar-refractivity contribution in [2.75, 3.05) is 13.1 Å². The van der Waals surface area contributed by atoms with Crippen molar-refractivity contribution in [2.24, 2.45) is 22.9 Å². The number of oxime groups is 1. The van der Waals surface area contributed by atoms with Crippen molar-refractivity contribution in [3.05, 3.63) is 0 Å². The SMILES string of the molecule is CC1(C)CC(C2C3CNCC32)=NO1. The van der Waals surface area contributed by atoms with Crippen LogP contribution in [0.3, 0.4) is 0 Å². The average Bonchev–Trinajstić information content (AvgIpc) is 2.49. The second kappa shape index (κ2) is 2.27. The van der Waals surface area contributed by atoms with Gasteiger partial charge in [0.15, 0.2) is 0 Å². The van der Waals surface area contributed by atoms with E-state index in [2.05, 4.69) is 24.3 Å². The van der Waals surface area contributed by atoms with Crippen LogP contribution in [0.15, 0.2) is 5.16 Å². The highest BCUT2D eigenvalue weighted by Gasteiger charge is 2.57. The summed E-state index contributed by atoms with van der Waals surface area (Å²) >= 11 is 0. The molecule has 13 heavy (non-hydrogen) atoms. The molecule has 2 atom stereocenters. The highest BCUT2D eigenvalue weighted by Crippen LogP contribution is 2.51. The Morgan fingerprint density at radius 2 is 2.08 bits per heavy atom. The van der Waals surface area contributed by atoms with E-state index in [1.807, 2.05) is 0 Å². The molecule has 72 valence electrons. The molecule has 1 aliphatic carbocycles. The molecule has 0 aromatic rings. The predicted molar refractivity (Wildman–Crippen MR) is 50.6 cm³/mol. The summed E-state index contributed by atoms with van der Waals surface area (Å²) in [6.45, 7) is 6.60. The third-order valence-corrected chi connectivity index (χ3v) is 3.49. The van der Waals surface area contributed by atoms with Gasteiger partial charge in [0.25, 0.3) is 0 Å². The highest BCUT2D eigenvalue weighted by molar-refractivity contribution is 5.91. The first-order valence-electron chi connectivity index (χ1n) is 5.13. The van der Waals surface area contributed by atoms with E-state index in [0.29, 0.717) is 0 Å². The second-order valence-electron chi connectivity index (χ2n) is 5.12. The van der Waals surface area contributed by atoms with Crippen molar-refractivity contribution in [1.82, 2.24) is 5.32 Å². The lowest BCUT2D eigenvalue weighted by molar-refractivity contribution is 0.0123. The maximum atomic E-state index is 5.39. The van der Waals surface area contributed by atoms with Gasteiger partial charge in [-0.1, -0.05) is 5.16 Å². The van der Waals surface area contributed by atoms with Crippen LogP contribution in [-0.4, -0.2) is 24.4 Å². The Kier molecular flexibility index (Phi) is 1.36. The van der Waals surface area contributed by atoms with Crippen molar-refractivity contribution in [3.63, 3.8) is 0 Å². The first-order chi connectivity index (χ1) is 6.17. The van der Waals surface area contributed by atoms with Crippen molar-refractivity contribution in [2.45, 2.75) is 25.9 Å². The van der Waals surface area contributed by atoms with Crippen LogP contribution in [0, 0.1) is 17.8 Å². The van der Waals surface area contributed by atoms with Crippen molar-refractivity contribution in [1.29, 1.82) is 0 Å². The molecule has 3 rings (SSSR count). The number of nitrogens with one attached hydrogen (secondary N) is 1. The lowest BCUT2D eigenvalue weighted by Gasteiger charge is -2.13. The molecule has 3 nitrogen and oxygen atoms in total. The fourth-order valence-electron chi connectivity index (χ4n) is 2.77. The van der Waals surface area contributed by atoms with E-state index in [-0.39, 0.29) is 5.60 Å². The zero-order valence-corrected chi connectivity index (χ0v) is 8.21. The minimum absolute atomic E-state index is 0.0420. The maximum Gasteiger partial charge on any atom is 0.137 e. The third-order valence-electron chi connectivity index (χ3n) is 3.49. The summed E-state index contributed by atoms with van der Waals surface area (Å²) in [5.41, 5.74) is 1.28. The minimum atomic E-state index is -0.0420. The molecule has 1 saturated carbocycles. The number of piperidine rings is 1. The van der Waals surface area contributed by atoms with E-state index in [4.69, 9.17) is 4.84 Å². The van der Waals surface area contributed by atoms with Crippen LogP contribution in [0.1, 0.15) is 20.3 Å². The van der Waals surface area contributed by atoms with E-state index in [9.17, 15) is 0 Å². The Morgan fingerprint density at radius 1 is 1.38 bits per heavy atom. The van der Waals surface area contributed by atoms with Gasteiger partial charge in [0.2, 0.25) is 0 Å². The molecule has 2 fully saturated rings. The van der Waals surface area contributed by atoms with Crippen LogP contribution in [-0.2, 0) is 4.84 Å². The maximum absolute atomic E-state index is 5.39. The molecule has 1 N–H and O–H groups in total. The van der Waals surface area contributed by atoms with Gasteiger partial charge >= 0.3 is 0 Å². The van der Waals surface area contributed by atoms with E-state index < -0.39 is 0 Å². The summed E-state index contributed by atoms with van der Waals surface area (Å²) in [5.74, 6) is 2.50. The zero-order chi connectivity index (χ0) is 9.05. The van der Waals surface area contributed by atoms with Crippen LogP contribution in [0.2, 0.25) is 0 Å². The molecule has 3 heteroatoms. The molecular formula is C10H16N2O. The summed E-state index contributed by atoms with van der Waals surface area (Å²) in [6.07, 6.45) is 1.03. The number of hydrogen-bond donors (Lipinski definition) is 1.